The monoisotopic (exact) mass is 513 g/mol. The molecule has 5 rings (SSSR count). The first-order valence-electron chi connectivity index (χ1n) is 14.2. The Labute approximate surface area is 233 Å². The molecule has 0 atom stereocenters. The van der Waals surface area contributed by atoms with Crippen molar-refractivity contribution in [1.82, 2.24) is 4.98 Å². The number of hydrogen-bond donors (Lipinski definition) is 1. The average molecular weight is 514 g/mol. The van der Waals surface area contributed by atoms with Gasteiger partial charge in [-0.1, -0.05) is 113 Å². The molecule has 0 saturated heterocycles. The lowest BCUT2D eigenvalue weighted by Crippen LogP contribution is -2.08. The third kappa shape index (κ3) is 6.40. The second kappa shape index (κ2) is 11.9. The van der Waals surface area contributed by atoms with Crippen molar-refractivity contribution < 1.29 is 4.79 Å². The quantitative estimate of drug-likeness (QED) is 0.186. The van der Waals surface area contributed by atoms with Crippen LogP contribution in [0.4, 0.5) is 0 Å². The molecule has 0 unspecified atom stereocenters. The largest absolute Gasteiger partial charge is 0.360 e. The van der Waals surface area contributed by atoms with Crippen LogP contribution in [0.2, 0.25) is 0 Å². The average Bonchev–Trinajstić information content (AvgIpc) is 3.36. The Hall–Kier alpha value is -3.91. The van der Waals surface area contributed by atoms with Gasteiger partial charge in [0.05, 0.1) is 0 Å². The number of fused-ring (bicyclic) bond motifs is 1. The highest BCUT2D eigenvalue weighted by molar-refractivity contribution is 6.16. The van der Waals surface area contributed by atoms with E-state index in [0.29, 0.717) is 11.8 Å². The number of ketones is 1. The number of aromatic nitrogens is 1. The van der Waals surface area contributed by atoms with Gasteiger partial charge < -0.3 is 4.98 Å². The second-order valence-electron chi connectivity index (χ2n) is 11.7. The van der Waals surface area contributed by atoms with E-state index in [9.17, 15) is 4.79 Å². The van der Waals surface area contributed by atoms with Gasteiger partial charge in [0.1, 0.15) is 0 Å². The zero-order valence-electron chi connectivity index (χ0n) is 23.6. The normalized spacial score (nSPS) is 11.7. The molecule has 4 aromatic carbocycles. The summed E-state index contributed by atoms with van der Waals surface area (Å²) >= 11 is 0. The molecule has 0 saturated carbocycles. The van der Waals surface area contributed by atoms with Crippen LogP contribution in [0.25, 0.3) is 10.9 Å². The molecule has 1 aromatic heterocycles. The predicted octanol–water partition coefficient (Wildman–Crippen LogP) is 9.17. The van der Waals surface area contributed by atoms with Crippen LogP contribution in [-0.4, -0.2) is 10.8 Å². The highest BCUT2D eigenvalue weighted by Crippen LogP contribution is 2.31. The van der Waals surface area contributed by atoms with Crippen LogP contribution in [0.5, 0.6) is 0 Å². The summed E-state index contributed by atoms with van der Waals surface area (Å²) in [5.74, 6) is 1.54. The van der Waals surface area contributed by atoms with Crippen molar-refractivity contribution in [2.24, 2.45) is 11.8 Å². The predicted molar refractivity (Wildman–Crippen MR) is 164 cm³/mol. The first-order chi connectivity index (χ1) is 18.9. The van der Waals surface area contributed by atoms with Gasteiger partial charge >= 0.3 is 0 Å². The van der Waals surface area contributed by atoms with Crippen molar-refractivity contribution >= 4 is 16.7 Å². The van der Waals surface area contributed by atoms with E-state index in [4.69, 9.17) is 0 Å². The molecular formula is C37H39NO. The number of H-pyrrole nitrogens is 1. The highest BCUT2D eigenvalue weighted by atomic mass is 16.1. The summed E-state index contributed by atoms with van der Waals surface area (Å²) in [5, 5.41) is 0.966. The van der Waals surface area contributed by atoms with E-state index in [-0.39, 0.29) is 11.7 Å². The maximum absolute atomic E-state index is 13.5. The first kappa shape index (κ1) is 26.7. The fourth-order valence-corrected chi connectivity index (χ4v) is 5.63. The number of carbonyl (C=O) groups is 1. The molecule has 1 heterocycles. The molecule has 1 N–H and O–H groups in total. The molecule has 0 amide bonds. The van der Waals surface area contributed by atoms with E-state index in [1.54, 1.807) is 0 Å². The van der Waals surface area contributed by atoms with Gasteiger partial charge in [0.15, 0.2) is 5.78 Å². The maximum atomic E-state index is 13.5. The van der Waals surface area contributed by atoms with Crippen LogP contribution in [0, 0.1) is 11.8 Å². The smallest absolute Gasteiger partial charge is 0.195 e. The summed E-state index contributed by atoms with van der Waals surface area (Å²) in [5.41, 5.74) is 9.00. The summed E-state index contributed by atoms with van der Waals surface area (Å²) in [6.45, 7) is 9.06. The van der Waals surface area contributed by atoms with Gasteiger partial charge in [-0.25, -0.2) is 0 Å². The standard InChI is InChI=1S/C37H39NO/c1-25(2)20-27-12-16-30(17-13-27)34(31-18-14-28(15-19-31)21-26(3)4)23-29-8-7-9-32(22-29)37(39)35-24-38-36-11-6-5-10-33(35)36/h5-19,22,24-26,34,38H,20-21,23H2,1-4H3. The van der Waals surface area contributed by atoms with E-state index in [0.717, 1.165) is 41.3 Å². The van der Waals surface area contributed by atoms with E-state index >= 15 is 0 Å². The van der Waals surface area contributed by atoms with E-state index in [1.807, 2.05) is 42.6 Å². The number of aromatic amines is 1. The zero-order valence-corrected chi connectivity index (χ0v) is 23.6. The lowest BCUT2D eigenvalue weighted by molar-refractivity contribution is 0.104. The minimum Gasteiger partial charge on any atom is -0.360 e. The van der Waals surface area contributed by atoms with Gasteiger partial charge in [-0.15, -0.1) is 0 Å². The molecule has 0 aliphatic carbocycles. The topological polar surface area (TPSA) is 32.9 Å². The van der Waals surface area contributed by atoms with Crippen LogP contribution in [0.3, 0.4) is 0 Å². The van der Waals surface area contributed by atoms with Crippen molar-refractivity contribution in [2.45, 2.75) is 52.9 Å². The number of rotatable bonds is 10. The third-order valence-corrected chi connectivity index (χ3v) is 7.51. The minimum atomic E-state index is 0.0573. The molecule has 5 aromatic rings. The van der Waals surface area contributed by atoms with Crippen LogP contribution < -0.4 is 0 Å². The van der Waals surface area contributed by atoms with Crippen molar-refractivity contribution in [3.63, 3.8) is 0 Å². The number of nitrogens with one attached hydrogen (secondary N) is 1. The molecule has 0 radical (unpaired) electrons. The molecule has 2 heteroatoms. The number of benzene rings is 4. The fourth-order valence-electron chi connectivity index (χ4n) is 5.63. The second-order valence-corrected chi connectivity index (χ2v) is 11.7. The van der Waals surface area contributed by atoms with E-state index < -0.39 is 0 Å². The number of para-hydroxylation sites is 1. The SMILES string of the molecule is CC(C)Cc1ccc(C(Cc2cccc(C(=O)c3c[nH]c4ccccc34)c2)c2ccc(CC(C)C)cc2)cc1. The molecule has 2 nitrogen and oxygen atoms in total. The maximum Gasteiger partial charge on any atom is 0.195 e. The molecule has 39 heavy (non-hydrogen) atoms. The Morgan fingerprint density at radius 3 is 1.82 bits per heavy atom. The van der Waals surface area contributed by atoms with Crippen LogP contribution >= 0.6 is 0 Å². The van der Waals surface area contributed by atoms with Crippen molar-refractivity contribution in [2.75, 3.05) is 0 Å². The Kier molecular flexibility index (Phi) is 8.12. The van der Waals surface area contributed by atoms with Gasteiger partial charge in [0.25, 0.3) is 0 Å². The van der Waals surface area contributed by atoms with Gasteiger partial charge in [0, 0.05) is 34.1 Å². The Bertz CT molecular complexity index is 1480. The summed E-state index contributed by atoms with van der Waals surface area (Å²) < 4.78 is 0. The van der Waals surface area contributed by atoms with Gasteiger partial charge in [0.2, 0.25) is 0 Å². The first-order valence-corrected chi connectivity index (χ1v) is 14.2. The van der Waals surface area contributed by atoms with Crippen molar-refractivity contribution in [3.8, 4) is 0 Å². The Morgan fingerprint density at radius 2 is 1.23 bits per heavy atom. The van der Waals surface area contributed by atoms with Crippen molar-refractivity contribution in [3.05, 3.63) is 142 Å². The molecule has 0 fully saturated rings. The number of hydrogen-bond acceptors (Lipinski definition) is 1. The summed E-state index contributed by atoms with van der Waals surface area (Å²) in [6, 6.07) is 34.5. The lowest BCUT2D eigenvalue weighted by atomic mass is 9.84. The van der Waals surface area contributed by atoms with Crippen LogP contribution in [0.1, 0.15) is 77.4 Å². The summed E-state index contributed by atoms with van der Waals surface area (Å²) in [4.78, 5) is 16.8. The molecule has 198 valence electrons. The molecule has 0 spiro atoms. The molecule has 0 aliphatic rings. The van der Waals surface area contributed by atoms with Crippen LogP contribution in [-0.2, 0) is 19.3 Å². The van der Waals surface area contributed by atoms with Gasteiger partial charge in [-0.05, 0) is 71.0 Å². The lowest BCUT2D eigenvalue weighted by Gasteiger charge is -2.20. The zero-order chi connectivity index (χ0) is 27.4. The van der Waals surface area contributed by atoms with E-state index in [2.05, 4.69) is 93.3 Å². The fraction of sp³-hybridized carbons (Fsp3) is 0.270. The number of carbonyl (C=O) groups excluding carboxylic acids is 1. The molecule has 0 bridgehead atoms. The highest BCUT2D eigenvalue weighted by Gasteiger charge is 2.18. The van der Waals surface area contributed by atoms with Gasteiger partial charge in [-0.3, -0.25) is 4.79 Å². The third-order valence-electron chi connectivity index (χ3n) is 7.51. The molecule has 0 aliphatic heterocycles. The van der Waals surface area contributed by atoms with Crippen molar-refractivity contribution in [1.29, 1.82) is 0 Å². The van der Waals surface area contributed by atoms with Crippen LogP contribution in [0.15, 0.2) is 103 Å². The molecular weight excluding hydrogens is 474 g/mol. The van der Waals surface area contributed by atoms with Gasteiger partial charge in [-0.2, -0.15) is 0 Å². The Balaban J connectivity index is 1.46. The summed E-state index contributed by atoms with van der Waals surface area (Å²) in [6.07, 6.45) is 4.85. The summed E-state index contributed by atoms with van der Waals surface area (Å²) in [7, 11) is 0. The minimum absolute atomic E-state index is 0.0573. The Morgan fingerprint density at radius 1 is 0.641 bits per heavy atom. The van der Waals surface area contributed by atoms with E-state index in [1.165, 1.54) is 27.8 Å².